The fourth-order valence-corrected chi connectivity index (χ4v) is 3.85. The Morgan fingerprint density at radius 3 is 2.38 bits per heavy atom. The summed E-state index contributed by atoms with van der Waals surface area (Å²) in [5.41, 5.74) is 5.88. The van der Waals surface area contributed by atoms with Gasteiger partial charge in [-0.1, -0.05) is 65.4 Å². The Labute approximate surface area is 143 Å². The number of rotatable bonds is 3. The van der Waals surface area contributed by atoms with Crippen molar-refractivity contribution in [1.29, 1.82) is 0 Å². The SMILES string of the molecule is NC(=S)C1(NC(=O)c2cc(Cl)cc(Br)c2)CCCCCC1. The van der Waals surface area contributed by atoms with Crippen LogP contribution in [0.15, 0.2) is 22.7 Å². The van der Waals surface area contributed by atoms with Crippen molar-refractivity contribution >= 4 is 50.6 Å². The lowest BCUT2D eigenvalue weighted by Crippen LogP contribution is -2.56. The standard InChI is InChI=1S/C15H18BrClN2OS/c16-11-7-10(8-12(17)9-11)13(20)19-15(14(18)21)5-3-1-2-4-6-15/h7-9H,1-6H2,(H2,18,21)(H,19,20). The average molecular weight is 390 g/mol. The maximum absolute atomic E-state index is 12.5. The number of nitrogens with one attached hydrogen (secondary N) is 1. The number of hydrogen-bond acceptors (Lipinski definition) is 2. The van der Waals surface area contributed by atoms with E-state index in [1.807, 2.05) is 0 Å². The topological polar surface area (TPSA) is 55.1 Å². The van der Waals surface area contributed by atoms with E-state index in [-0.39, 0.29) is 5.91 Å². The number of hydrogen-bond donors (Lipinski definition) is 2. The fourth-order valence-electron chi connectivity index (χ4n) is 2.74. The van der Waals surface area contributed by atoms with E-state index in [1.54, 1.807) is 18.2 Å². The van der Waals surface area contributed by atoms with Crippen LogP contribution in [-0.2, 0) is 0 Å². The highest BCUT2D eigenvalue weighted by Crippen LogP contribution is 2.28. The molecule has 1 aliphatic carbocycles. The molecular formula is C15H18BrClN2OS. The van der Waals surface area contributed by atoms with Crippen molar-refractivity contribution in [3.63, 3.8) is 0 Å². The number of nitrogens with two attached hydrogens (primary N) is 1. The summed E-state index contributed by atoms with van der Waals surface area (Å²) in [6.45, 7) is 0. The lowest BCUT2D eigenvalue weighted by Gasteiger charge is -2.33. The van der Waals surface area contributed by atoms with Crippen LogP contribution in [0.3, 0.4) is 0 Å². The first-order valence-corrected chi connectivity index (χ1v) is 8.59. The smallest absolute Gasteiger partial charge is 0.252 e. The molecule has 0 unspecified atom stereocenters. The average Bonchev–Trinajstić information content (AvgIpc) is 2.64. The zero-order valence-electron chi connectivity index (χ0n) is 11.6. The molecule has 0 atom stereocenters. The largest absolute Gasteiger partial charge is 0.391 e. The monoisotopic (exact) mass is 388 g/mol. The Morgan fingerprint density at radius 2 is 1.86 bits per heavy atom. The minimum atomic E-state index is -0.572. The third-order valence-electron chi connectivity index (χ3n) is 3.91. The molecule has 2 rings (SSSR count). The summed E-state index contributed by atoms with van der Waals surface area (Å²) in [5.74, 6) is -0.187. The third-order valence-corrected chi connectivity index (χ3v) is 4.97. The molecule has 114 valence electrons. The van der Waals surface area contributed by atoms with Crippen molar-refractivity contribution < 1.29 is 4.79 Å². The van der Waals surface area contributed by atoms with Crippen LogP contribution in [-0.4, -0.2) is 16.4 Å². The maximum Gasteiger partial charge on any atom is 0.252 e. The molecule has 21 heavy (non-hydrogen) atoms. The van der Waals surface area contributed by atoms with Gasteiger partial charge in [0.05, 0.1) is 10.5 Å². The van der Waals surface area contributed by atoms with Crippen molar-refractivity contribution in [1.82, 2.24) is 5.32 Å². The molecule has 6 heteroatoms. The molecule has 0 aromatic heterocycles. The number of thiocarbonyl (C=S) groups is 1. The normalized spacial score (nSPS) is 17.8. The van der Waals surface area contributed by atoms with Gasteiger partial charge in [-0.2, -0.15) is 0 Å². The molecule has 0 bridgehead atoms. The molecule has 1 amide bonds. The van der Waals surface area contributed by atoms with Gasteiger partial charge in [0.15, 0.2) is 0 Å². The van der Waals surface area contributed by atoms with Gasteiger partial charge in [0, 0.05) is 15.1 Å². The van der Waals surface area contributed by atoms with Crippen LogP contribution in [0, 0.1) is 0 Å². The summed E-state index contributed by atoms with van der Waals surface area (Å²) in [6, 6.07) is 5.13. The molecule has 0 heterocycles. The van der Waals surface area contributed by atoms with E-state index >= 15 is 0 Å². The summed E-state index contributed by atoms with van der Waals surface area (Å²) in [7, 11) is 0. The van der Waals surface area contributed by atoms with E-state index in [9.17, 15) is 4.79 Å². The van der Waals surface area contributed by atoms with Gasteiger partial charge < -0.3 is 11.1 Å². The van der Waals surface area contributed by atoms with E-state index in [4.69, 9.17) is 29.6 Å². The van der Waals surface area contributed by atoms with Gasteiger partial charge in [0.25, 0.3) is 5.91 Å². The van der Waals surface area contributed by atoms with Crippen LogP contribution >= 0.6 is 39.7 Å². The van der Waals surface area contributed by atoms with Gasteiger partial charge in [-0.3, -0.25) is 4.79 Å². The molecule has 1 saturated carbocycles. The number of halogens is 2. The summed E-state index contributed by atoms with van der Waals surface area (Å²) >= 11 is 14.6. The fraction of sp³-hybridized carbons (Fsp3) is 0.467. The lowest BCUT2D eigenvalue weighted by atomic mass is 9.89. The van der Waals surface area contributed by atoms with Gasteiger partial charge >= 0.3 is 0 Å². The van der Waals surface area contributed by atoms with Gasteiger partial charge in [0.1, 0.15) is 0 Å². The number of amides is 1. The Balaban J connectivity index is 2.23. The zero-order chi connectivity index (χ0) is 15.5. The summed E-state index contributed by atoms with van der Waals surface area (Å²) < 4.78 is 0.769. The lowest BCUT2D eigenvalue weighted by molar-refractivity contribution is 0.0917. The van der Waals surface area contributed by atoms with E-state index in [1.165, 1.54) is 0 Å². The van der Waals surface area contributed by atoms with E-state index in [2.05, 4.69) is 21.2 Å². The van der Waals surface area contributed by atoms with Crippen LogP contribution < -0.4 is 11.1 Å². The molecule has 0 saturated heterocycles. The predicted octanol–water partition coefficient (Wildman–Crippen LogP) is 4.21. The number of benzene rings is 1. The zero-order valence-corrected chi connectivity index (χ0v) is 14.8. The summed E-state index contributed by atoms with van der Waals surface area (Å²) in [5, 5.41) is 3.57. The molecule has 1 aliphatic rings. The number of carbonyl (C=O) groups is 1. The van der Waals surface area contributed by atoms with E-state index in [0.717, 1.165) is 43.0 Å². The van der Waals surface area contributed by atoms with Crippen LogP contribution in [0.2, 0.25) is 5.02 Å². The van der Waals surface area contributed by atoms with Crippen molar-refractivity contribution in [2.24, 2.45) is 5.73 Å². The first-order chi connectivity index (χ1) is 9.93. The summed E-state index contributed by atoms with van der Waals surface area (Å²) in [6.07, 6.45) is 5.96. The van der Waals surface area contributed by atoms with E-state index in [0.29, 0.717) is 15.6 Å². The second-order valence-corrected chi connectivity index (χ2v) is 7.26. The van der Waals surface area contributed by atoms with Gasteiger partial charge in [-0.15, -0.1) is 0 Å². The molecule has 0 radical (unpaired) electrons. The van der Waals surface area contributed by atoms with Crippen LogP contribution in [0.25, 0.3) is 0 Å². The highest BCUT2D eigenvalue weighted by Gasteiger charge is 2.35. The first kappa shape index (κ1) is 16.7. The molecule has 0 aliphatic heterocycles. The second-order valence-electron chi connectivity index (χ2n) is 5.47. The number of carbonyl (C=O) groups excluding carboxylic acids is 1. The van der Waals surface area contributed by atoms with Gasteiger partial charge in [0.2, 0.25) is 0 Å². The van der Waals surface area contributed by atoms with Crippen molar-refractivity contribution in [2.75, 3.05) is 0 Å². The van der Waals surface area contributed by atoms with Gasteiger partial charge in [-0.05, 0) is 31.0 Å². The van der Waals surface area contributed by atoms with Crippen LogP contribution in [0.5, 0.6) is 0 Å². The Bertz CT molecular complexity index is 536. The van der Waals surface area contributed by atoms with Crippen molar-refractivity contribution in [3.05, 3.63) is 33.3 Å². The molecule has 1 aromatic rings. The van der Waals surface area contributed by atoms with E-state index < -0.39 is 5.54 Å². The first-order valence-electron chi connectivity index (χ1n) is 7.01. The van der Waals surface area contributed by atoms with Crippen LogP contribution in [0.1, 0.15) is 48.9 Å². The molecule has 1 fully saturated rings. The van der Waals surface area contributed by atoms with Crippen molar-refractivity contribution in [3.8, 4) is 0 Å². The molecular weight excluding hydrogens is 372 g/mol. The van der Waals surface area contributed by atoms with Gasteiger partial charge in [-0.25, -0.2) is 0 Å². The second kappa shape index (κ2) is 7.07. The highest BCUT2D eigenvalue weighted by molar-refractivity contribution is 9.10. The maximum atomic E-state index is 12.5. The molecule has 3 N–H and O–H groups in total. The quantitative estimate of drug-likeness (QED) is 0.601. The Morgan fingerprint density at radius 1 is 1.24 bits per heavy atom. The minimum Gasteiger partial charge on any atom is -0.391 e. The molecule has 3 nitrogen and oxygen atoms in total. The van der Waals surface area contributed by atoms with Crippen LogP contribution in [0.4, 0.5) is 0 Å². The molecule has 0 spiro atoms. The predicted molar refractivity (Wildman–Crippen MR) is 93.8 cm³/mol. The highest BCUT2D eigenvalue weighted by atomic mass is 79.9. The third kappa shape index (κ3) is 4.18. The molecule has 1 aromatic carbocycles. The Hall–Kier alpha value is -0.650. The van der Waals surface area contributed by atoms with Crippen molar-refractivity contribution in [2.45, 2.75) is 44.1 Å². The minimum absolute atomic E-state index is 0.187. The Kier molecular flexibility index (Phi) is 5.63. The summed E-state index contributed by atoms with van der Waals surface area (Å²) in [4.78, 5) is 12.9.